The first-order valence-corrected chi connectivity index (χ1v) is 9.38. The summed E-state index contributed by atoms with van der Waals surface area (Å²) >= 11 is 1.71. The zero-order valence-corrected chi connectivity index (χ0v) is 15.6. The third-order valence-electron chi connectivity index (χ3n) is 4.54. The van der Waals surface area contributed by atoms with Gasteiger partial charge >= 0.3 is 0 Å². The lowest BCUT2D eigenvalue weighted by Crippen LogP contribution is -3.10. The third kappa shape index (κ3) is 4.24. The van der Waals surface area contributed by atoms with Crippen molar-refractivity contribution in [1.82, 2.24) is 10.3 Å². The molecule has 1 heterocycles. The first-order valence-electron chi connectivity index (χ1n) is 8.56. The minimum Gasteiger partial charge on any atom is -0.345 e. The van der Waals surface area contributed by atoms with Crippen LogP contribution < -0.4 is 10.2 Å². The molecule has 2 aromatic carbocycles. The number of hydrogen-bond acceptors (Lipinski definition) is 3. The number of aromatic nitrogens is 1. The van der Waals surface area contributed by atoms with Crippen LogP contribution in [0.3, 0.4) is 0 Å². The average Bonchev–Trinajstić information content (AvgIpc) is 3.05. The molecule has 4 nitrogen and oxygen atoms in total. The molecular formula is C20H24N3OS+. The second-order valence-electron chi connectivity index (χ2n) is 6.46. The van der Waals surface area contributed by atoms with E-state index in [-0.39, 0.29) is 18.0 Å². The maximum absolute atomic E-state index is 12.4. The second kappa shape index (κ2) is 7.76. The summed E-state index contributed by atoms with van der Waals surface area (Å²) in [7, 11) is 2.05. The Kier molecular flexibility index (Phi) is 5.46. The van der Waals surface area contributed by atoms with Crippen molar-refractivity contribution in [2.45, 2.75) is 25.9 Å². The minimum atomic E-state index is 0.0132. The van der Waals surface area contributed by atoms with Crippen LogP contribution in [-0.4, -0.2) is 24.5 Å². The van der Waals surface area contributed by atoms with E-state index >= 15 is 0 Å². The van der Waals surface area contributed by atoms with Crippen molar-refractivity contribution < 1.29 is 9.69 Å². The summed E-state index contributed by atoms with van der Waals surface area (Å²) in [5, 5.41) is 4.16. The number of thiazole rings is 1. The zero-order valence-electron chi connectivity index (χ0n) is 14.8. The fourth-order valence-electron chi connectivity index (χ4n) is 2.81. The Hall–Kier alpha value is -2.24. The van der Waals surface area contributed by atoms with E-state index in [0.717, 1.165) is 21.0 Å². The van der Waals surface area contributed by atoms with Crippen molar-refractivity contribution in [2.75, 3.05) is 13.6 Å². The van der Waals surface area contributed by atoms with Crippen LogP contribution in [0.5, 0.6) is 0 Å². The molecule has 0 saturated heterocycles. The molecule has 2 N–H and O–H groups in total. The predicted octanol–water partition coefficient (Wildman–Crippen LogP) is 2.75. The highest BCUT2D eigenvalue weighted by Gasteiger charge is 2.22. The molecule has 5 heteroatoms. The van der Waals surface area contributed by atoms with Gasteiger partial charge in [-0.3, -0.25) is 4.79 Å². The van der Waals surface area contributed by atoms with E-state index < -0.39 is 0 Å². The molecule has 3 aromatic rings. The number of para-hydroxylation sites is 1. The molecule has 130 valence electrons. The van der Waals surface area contributed by atoms with Crippen LogP contribution in [0.4, 0.5) is 0 Å². The van der Waals surface area contributed by atoms with Crippen molar-refractivity contribution in [1.29, 1.82) is 0 Å². The molecule has 0 radical (unpaired) electrons. The molecule has 1 amide bonds. The summed E-state index contributed by atoms with van der Waals surface area (Å²) in [6, 6.07) is 18.4. The van der Waals surface area contributed by atoms with Crippen LogP contribution in [0.2, 0.25) is 0 Å². The van der Waals surface area contributed by atoms with Gasteiger partial charge in [0.1, 0.15) is 6.04 Å². The summed E-state index contributed by atoms with van der Waals surface area (Å²) in [5.41, 5.74) is 2.15. The fourth-order valence-corrected chi connectivity index (χ4v) is 3.92. The molecule has 0 saturated carbocycles. The number of rotatable bonds is 6. The molecule has 3 atom stereocenters. The molecule has 0 aliphatic rings. The number of amides is 1. The number of likely N-dealkylation sites (N-methyl/N-ethyl adjacent to an activating group) is 1. The van der Waals surface area contributed by atoms with Crippen LogP contribution in [0.15, 0.2) is 54.6 Å². The van der Waals surface area contributed by atoms with E-state index in [1.165, 1.54) is 4.70 Å². The van der Waals surface area contributed by atoms with E-state index in [1.807, 2.05) is 62.5 Å². The standard InChI is InChI=1S/C20H23N3OS/c1-14(16-9-5-4-6-10-16)21-19(24)13-23(3)15(2)20-22-17-11-7-8-12-18(17)25-20/h4-12,14-15H,13H2,1-3H3,(H,21,24)/p+1/t14-,15-/m0/s1. The fraction of sp³-hybridized carbons (Fsp3) is 0.300. The van der Waals surface area contributed by atoms with Gasteiger partial charge in [-0.2, -0.15) is 0 Å². The highest BCUT2D eigenvalue weighted by Crippen LogP contribution is 2.24. The van der Waals surface area contributed by atoms with Gasteiger partial charge in [-0.25, -0.2) is 4.98 Å². The van der Waals surface area contributed by atoms with E-state index in [4.69, 9.17) is 4.98 Å². The largest absolute Gasteiger partial charge is 0.345 e. The van der Waals surface area contributed by atoms with Gasteiger partial charge in [0.15, 0.2) is 11.6 Å². The average molecular weight is 354 g/mol. The van der Waals surface area contributed by atoms with Crippen molar-refractivity contribution in [3.05, 3.63) is 65.2 Å². The predicted molar refractivity (Wildman–Crippen MR) is 103 cm³/mol. The van der Waals surface area contributed by atoms with Crippen molar-refractivity contribution >= 4 is 27.5 Å². The third-order valence-corrected chi connectivity index (χ3v) is 5.76. The van der Waals surface area contributed by atoms with Gasteiger partial charge in [-0.05, 0) is 31.5 Å². The molecular weight excluding hydrogens is 330 g/mol. The van der Waals surface area contributed by atoms with Crippen molar-refractivity contribution in [3.8, 4) is 0 Å². The maximum atomic E-state index is 12.4. The lowest BCUT2D eigenvalue weighted by atomic mass is 10.1. The molecule has 1 aromatic heterocycles. The Morgan fingerprint density at radius 2 is 1.80 bits per heavy atom. The Morgan fingerprint density at radius 3 is 2.52 bits per heavy atom. The van der Waals surface area contributed by atoms with E-state index in [2.05, 4.69) is 18.3 Å². The normalized spacial score (nSPS) is 14.8. The van der Waals surface area contributed by atoms with Crippen LogP contribution in [-0.2, 0) is 4.79 Å². The number of benzene rings is 2. The Balaban J connectivity index is 1.60. The van der Waals surface area contributed by atoms with Crippen LogP contribution in [0.1, 0.15) is 36.5 Å². The van der Waals surface area contributed by atoms with Gasteiger partial charge < -0.3 is 10.2 Å². The molecule has 25 heavy (non-hydrogen) atoms. The van der Waals surface area contributed by atoms with E-state index in [0.29, 0.717) is 6.54 Å². The molecule has 0 aliphatic carbocycles. The number of carbonyl (C=O) groups excluding carboxylic acids is 1. The minimum absolute atomic E-state index is 0.0132. The first-order chi connectivity index (χ1) is 12.0. The quantitative estimate of drug-likeness (QED) is 0.715. The maximum Gasteiger partial charge on any atom is 0.275 e. The van der Waals surface area contributed by atoms with Crippen LogP contribution in [0, 0.1) is 0 Å². The highest BCUT2D eigenvalue weighted by molar-refractivity contribution is 7.18. The first kappa shape index (κ1) is 17.6. The number of carbonyl (C=O) groups is 1. The molecule has 0 bridgehead atoms. The van der Waals surface area contributed by atoms with Gasteiger partial charge in [0.2, 0.25) is 0 Å². The molecule has 0 spiro atoms. The number of nitrogens with zero attached hydrogens (tertiary/aromatic N) is 1. The summed E-state index contributed by atoms with van der Waals surface area (Å²) < 4.78 is 1.19. The number of fused-ring (bicyclic) bond motifs is 1. The number of nitrogens with one attached hydrogen (secondary N) is 2. The summed E-state index contributed by atoms with van der Waals surface area (Å²) in [5.74, 6) is 0.0572. The second-order valence-corrected chi connectivity index (χ2v) is 7.53. The Morgan fingerprint density at radius 1 is 1.12 bits per heavy atom. The van der Waals surface area contributed by atoms with Crippen LogP contribution in [0.25, 0.3) is 10.2 Å². The topological polar surface area (TPSA) is 46.4 Å². The van der Waals surface area contributed by atoms with Crippen LogP contribution >= 0.6 is 11.3 Å². The lowest BCUT2D eigenvalue weighted by molar-refractivity contribution is -0.902. The molecule has 0 aliphatic heterocycles. The Labute approximate surface area is 152 Å². The van der Waals surface area contributed by atoms with E-state index in [1.54, 1.807) is 11.3 Å². The number of quaternary nitrogens is 1. The van der Waals surface area contributed by atoms with Gasteiger partial charge in [0.05, 0.1) is 23.3 Å². The molecule has 3 rings (SSSR count). The van der Waals surface area contributed by atoms with Gasteiger partial charge in [0, 0.05) is 0 Å². The smallest absolute Gasteiger partial charge is 0.275 e. The lowest BCUT2D eigenvalue weighted by Gasteiger charge is -2.21. The molecule has 1 unspecified atom stereocenters. The number of hydrogen-bond donors (Lipinski definition) is 2. The zero-order chi connectivity index (χ0) is 17.8. The van der Waals surface area contributed by atoms with Gasteiger partial charge in [-0.1, -0.05) is 42.5 Å². The van der Waals surface area contributed by atoms with Gasteiger partial charge in [0.25, 0.3) is 5.91 Å². The Bertz CT molecular complexity index is 813. The van der Waals surface area contributed by atoms with Crippen molar-refractivity contribution in [2.24, 2.45) is 0 Å². The highest BCUT2D eigenvalue weighted by atomic mass is 32.1. The SMILES string of the molecule is C[C@H](NC(=O)C[NH+](C)[C@@H](C)c1nc2ccccc2s1)c1ccccc1. The summed E-state index contributed by atoms with van der Waals surface area (Å²) in [6.07, 6.45) is 0. The summed E-state index contributed by atoms with van der Waals surface area (Å²) in [6.45, 7) is 4.56. The monoisotopic (exact) mass is 354 g/mol. The van der Waals surface area contributed by atoms with Crippen molar-refractivity contribution in [3.63, 3.8) is 0 Å². The van der Waals surface area contributed by atoms with Gasteiger partial charge in [-0.15, -0.1) is 11.3 Å². The van der Waals surface area contributed by atoms with E-state index in [9.17, 15) is 4.79 Å². The summed E-state index contributed by atoms with van der Waals surface area (Å²) in [4.78, 5) is 18.2. The molecule has 0 fully saturated rings.